The first kappa shape index (κ1) is 18.2. The van der Waals surface area contributed by atoms with E-state index < -0.39 is 0 Å². The van der Waals surface area contributed by atoms with Gasteiger partial charge in [-0.2, -0.15) is 5.10 Å². The molecule has 5 rings (SSSR count). The van der Waals surface area contributed by atoms with Crippen molar-refractivity contribution in [2.75, 3.05) is 7.05 Å². The summed E-state index contributed by atoms with van der Waals surface area (Å²) < 4.78 is 1.99. The minimum absolute atomic E-state index is 0.0652. The van der Waals surface area contributed by atoms with E-state index in [0.29, 0.717) is 28.6 Å². The predicted octanol–water partition coefficient (Wildman–Crippen LogP) is 4.80. The zero-order valence-electron chi connectivity index (χ0n) is 16.3. The minimum atomic E-state index is -0.0652. The standard InChI is InChI=1S/C22H27ClN4O/c1-26(17-5-3-2-4-6-17)25-22(28)20-19-14-7-8-15(13-14)21(19)27(24-20)18-11-9-16(23)10-12-18/h9-12,14-15,17H,2-8,13H2,1H3,(H,25,28). The van der Waals surface area contributed by atoms with Crippen LogP contribution in [0.1, 0.15) is 84.9 Å². The van der Waals surface area contributed by atoms with Crippen molar-refractivity contribution in [3.05, 3.63) is 46.2 Å². The van der Waals surface area contributed by atoms with Gasteiger partial charge in [0.2, 0.25) is 0 Å². The number of amides is 1. The van der Waals surface area contributed by atoms with Crippen molar-refractivity contribution in [1.29, 1.82) is 0 Å². The smallest absolute Gasteiger partial charge is 0.283 e. The van der Waals surface area contributed by atoms with E-state index in [4.69, 9.17) is 16.7 Å². The second kappa shape index (κ2) is 7.20. The van der Waals surface area contributed by atoms with E-state index in [2.05, 4.69) is 5.43 Å². The molecule has 1 N–H and O–H groups in total. The molecule has 148 valence electrons. The second-order valence-corrected chi connectivity index (χ2v) is 9.02. The lowest BCUT2D eigenvalue weighted by molar-refractivity contribution is 0.0704. The molecule has 1 aromatic heterocycles. The maximum absolute atomic E-state index is 13.2. The van der Waals surface area contributed by atoms with Crippen LogP contribution in [0.25, 0.3) is 5.69 Å². The van der Waals surface area contributed by atoms with Crippen LogP contribution in [0.4, 0.5) is 0 Å². The van der Waals surface area contributed by atoms with Crippen LogP contribution in [-0.2, 0) is 0 Å². The monoisotopic (exact) mass is 398 g/mol. The topological polar surface area (TPSA) is 50.2 Å². The quantitative estimate of drug-likeness (QED) is 0.752. The van der Waals surface area contributed by atoms with E-state index >= 15 is 0 Å². The fourth-order valence-corrected chi connectivity index (χ4v) is 5.58. The van der Waals surface area contributed by atoms with Crippen molar-refractivity contribution < 1.29 is 4.79 Å². The fourth-order valence-electron chi connectivity index (χ4n) is 5.45. The largest absolute Gasteiger partial charge is 0.286 e. The molecule has 2 aromatic rings. The molecule has 2 unspecified atom stereocenters. The van der Waals surface area contributed by atoms with Gasteiger partial charge in [0.05, 0.1) is 11.4 Å². The van der Waals surface area contributed by atoms with Gasteiger partial charge in [-0.1, -0.05) is 30.9 Å². The molecule has 0 aliphatic heterocycles. The first-order chi connectivity index (χ1) is 13.6. The van der Waals surface area contributed by atoms with Crippen LogP contribution < -0.4 is 5.43 Å². The summed E-state index contributed by atoms with van der Waals surface area (Å²) in [6.45, 7) is 0. The maximum Gasteiger partial charge on any atom is 0.286 e. The summed E-state index contributed by atoms with van der Waals surface area (Å²) in [7, 11) is 2.00. The van der Waals surface area contributed by atoms with Gasteiger partial charge in [-0.25, -0.2) is 9.69 Å². The molecule has 6 heteroatoms. The summed E-state index contributed by atoms with van der Waals surface area (Å²) >= 11 is 6.07. The minimum Gasteiger partial charge on any atom is -0.283 e. The van der Waals surface area contributed by atoms with Gasteiger partial charge in [0.15, 0.2) is 5.69 Å². The summed E-state index contributed by atoms with van der Waals surface area (Å²) in [6.07, 6.45) is 9.62. The van der Waals surface area contributed by atoms with E-state index in [9.17, 15) is 4.79 Å². The summed E-state index contributed by atoms with van der Waals surface area (Å²) in [5.41, 5.74) is 7.14. The molecule has 28 heavy (non-hydrogen) atoms. The Bertz CT molecular complexity index is 885. The van der Waals surface area contributed by atoms with Crippen molar-refractivity contribution in [2.24, 2.45) is 0 Å². The number of halogens is 1. The zero-order valence-corrected chi connectivity index (χ0v) is 17.1. The highest BCUT2D eigenvalue weighted by Gasteiger charge is 2.44. The Labute approximate surface area is 171 Å². The molecule has 0 radical (unpaired) electrons. The van der Waals surface area contributed by atoms with Crippen molar-refractivity contribution in [2.45, 2.75) is 69.2 Å². The second-order valence-electron chi connectivity index (χ2n) is 8.59. The lowest BCUT2D eigenvalue weighted by Gasteiger charge is -2.31. The van der Waals surface area contributed by atoms with Gasteiger partial charge in [0.1, 0.15) is 0 Å². The molecule has 3 aliphatic rings. The van der Waals surface area contributed by atoms with Crippen LogP contribution in [0, 0.1) is 0 Å². The van der Waals surface area contributed by atoms with Crippen LogP contribution in [0.15, 0.2) is 24.3 Å². The number of rotatable bonds is 4. The van der Waals surface area contributed by atoms with Crippen molar-refractivity contribution >= 4 is 17.5 Å². The normalized spacial score (nSPS) is 24.0. The van der Waals surface area contributed by atoms with Gasteiger partial charge < -0.3 is 0 Å². The third-order valence-corrected chi connectivity index (χ3v) is 7.13. The zero-order chi connectivity index (χ0) is 19.3. The molecule has 1 heterocycles. The summed E-state index contributed by atoms with van der Waals surface area (Å²) in [5, 5.41) is 7.53. The number of carbonyl (C=O) groups excluding carboxylic acids is 1. The molecule has 2 fully saturated rings. The van der Waals surface area contributed by atoms with Gasteiger partial charge in [0.25, 0.3) is 5.91 Å². The summed E-state index contributed by atoms with van der Waals surface area (Å²) in [6, 6.07) is 8.17. The molecule has 2 atom stereocenters. The Morgan fingerprint density at radius 3 is 2.57 bits per heavy atom. The number of hydrogen-bond donors (Lipinski definition) is 1. The number of fused-ring (bicyclic) bond motifs is 5. The number of nitrogens with one attached hydrogen (secondary N) is 1. The average Bonchev–Trinajstić information content (AvgIpc) is 3.42. The highest BCUT2D eigenvalue weighted by molar-refractivity contribution is 6.30. The number of hydrogen-bond acceptors (Lipinski definition) is 3. The Hall–Kier alpha value is -1.85. The number of hydrazine groups is 1. The van der Waals surface area contributed by atoms with E-state index in [1.54, 1.807) is 0 Å². The van der Waals surface area contributed by atoms with Crippen molar-refractivity contribution in [3.63, 3.8) is 0 Å². The van der Waals surface area contributed by atoms with E-state index in [1.165, 1.54) is 43.4 Å². The third-order valence-electron chi connectivity index (χ3n) is 6.87. The molecule has 1 amide bonds. The van der Waals surface area contributed by atoms with Gasteiger partial charge in [-0.15, -0.1) is 0 Å². The van der Waals surface area contributed by atoms with Crippen LogP contribution in [0.2, 0.25) is 5.02 Å². The SMILES string of the molecule is CN(NC(=O)c1nn(-c2ccc(Cl)cc2)c2c1C1CCC2C1)C1CCCCC1. The number of benzene rings is 1. The van der Waals surface area contributed by atoms with Gasteiger partial charge in [0, 0.05) is 29.6 Å². The summed E-state index contributed by atoms with van der Waals surface area (Å²) in [4.78, 5) is 13.2. The molecule has 2 bridgehead atoms. The van der Waals surface area contributed by atoms with Gasteiger partial charge in [-0.3, -0.25) is 10.2 Å². The summed E-state index contributed by atoms with van der Waals surface area (Å²) in [5.74, 6) is 0.923. The third kappa shape index (κ3) is 3.05. The Balaban J connectivity index is 1.46. The van der Waals surface area contributed by atoms with E-state index in [1.807, 2.05) is 41.0 Å². The molecular weight excluding hydrogens is 372 g/mol. The molecule has 3 aliphatic carbocycles. The first-order valence-electron chi connectivity index (χ1n) is 10.5. The molecule has 2 saturated carbocycles. The lowest BCUT2D eigenvalue weighted by atomic mass is 9.95. The highest BCUT2D eigenvalue weighted by Crippen LogP contribution is 2.54. The van der Waals surface area contributed by atoms with Crippen LogP contribution in [-0.4, -0.2) is 33.8 Å². The molecule has 1 aromatic carbocycles. The molecule has 5 nitrogen and oxygen atoms in total. The van der Waals surface area contributed by atoms with E-state index in [0.717, 1.165) is 24.9 Å². The van der Waals surface area contributed by atoms with Crippen LogP contribution in [0.5, 0.6) is 0 Å². The van der Waals surface area contributed by atoms with Crippen molar-refractivity contribution in [3.8, 4) is 5.69 Å². The first-order valence-corrected chi connectivity index (χ1v) is 10.9. The predicted molar refractivity (Wildman–Crippen MR) is 110 cm³/mol. The molecular formula is C22H27ClN4O. The lowest BCUT2D eigenvalue weighted by Crippen LogP contribution is -2.46. The number of aromatic nitrogens is 2. The number of carbonyl (C=O) groups is 1. The Kier molecular flexibility index (Phi) is 4.68. The molecule has 0 spiro atoms. The average molecular weight is 399 g/mol. The van der Waals surface area contributed by atoms with Crippen LogP contribution >= 0.6 is 11.6 Å². The molecule has 0 saturated heterocycles. The van der Waals surface area contributed by atoms with Gasteiger partial charge >= 0.3 is 0 Å². The Morgan fingerprint density at radius 1 is 1.11 bits per heavy atom. The fraction of sp³-hybridized carbons (Fsp3) is 0.545. The highest BCUT2D eigenvalue weighted by atomic mass is 35.5. The van der Waals surface area contributed by atoms with Crippen LogP contribution in [0.3, 0.4) is 0 Å². The maximum atomic E-state index is 13.2. The van der Waals surface area contributed by atoms with Gasteiger partial charge in [-0.05, 0) is 62.3 Å². The Morgan fingerprint density at radius 2 is 1.82 bits per heavy atom. The van der Waals surface area contributed by atoms with E-state index in [-0.39, 0.29) is 5.91 Å². The number of nitrogens with zero attached hydrogens (tertiary/aromatic N) is 3. The van der Waals surface area contributed by atoms with Crippen molar-refractivity contribution in [1.82, 2.24) is 20.2 Å².